The Balaban J connectivity index is 2.18. The van der Waals surface area contributed by atoms with Crippen LogP contribution in [0, 0.1) is 12.8 Å². The molecule has 1 aliphatic heterocycles. The van der Waals surface area contributed by atoms with E-state index in [1.807, 2.05) is 0 Å². The lowest BCUT2D eigenvalue weighted by molar-refractivity contribution is -0.149. The topological polar surface area (TPSA) is 59.5 Å². The van der Waals surface area contributed by atoms with Gasteiger partial charge >= 0.3 is 5.97 Å². The predicted molar refractivity (Wildman–Crippen MR) is 84.3 cm³/mol. The summed E-state index contributed by atoms with van der Waals surface area (Å²) in [6.45, 7) is 4.81. The second kappa shape index (κ2) is 7.29. The number of nitrogens with zero attached hydrogens (tertiary/aromatic N) is 2. The minimum absolute atomic E-state index is 0.0910. The van der Waals surface area contributed by atoms with E-state index < -0.39 is 0 Å². The molecule has 1 fully saturated rings. The lowest BCUT2D eigenvalue weighted by Crippen LogP contribution is -2.43. The largest absolute Gasteiger partial charge is 0.466 e. The molecule has 7 heteroatoms. The third kappa shape index (κ3) is 3.70. The number of aryl methyl sites for hydroxylation is 1. The molecule has 1 atom stereocenters. The van der Waals surface area contributed by atoms with Crippen LogP contribution in [0.2, 0.25) is 10.3 Å². The first-order valence-electron chi connectivity index (χ1n) is 7.22. The molecule has 0 aliphatic carbocycles. The average molecular weight is 345 g/mol. The van der Waals surface area contributed by atoms with Gasteiger partial charge in [0.2, 0.25) is 0 Å². The number of pyridine rings is 1. The molecule has 22 heavy (non-hydrogen) atoms. The van der Waals surface area contributed by atoms with Gasteiger partial charge in [0.15, 0.2) is 0 Å². The van der Waals surface area contributed by atoms with Crippen LogP contribution in [-0.2, 0) is 9.53 Å². The highest BCUT2D eigenvalue weighted by atomic mass is 35.5. The van der Waals surface area contributed by atoms with E-state index >= 15 is 0 Å². The van der Waals surface area contributed by atoms with Crippen molar-refractivity contribution < 1.29 is 14.3 Å². The molecular formula is C15H18Cl2N2O3. The zero-order chi connectivity index (χ0) is 16.3. The van der Waals surface area contributed by atoms with Crippen molar-refractivity contribution >= 4 is 35.1 Å². The summed E-state index contributed by atoms with van der Waals surface area (Å²) in [5.74, 6) is -0.755. The van der Waals surface area contributed by atoms with E-state index in [4.69, 9.17) is 27.9 Å². The van der Waals surface area contributed by atoms with Crippen LogP contribution in [0.15, 0.2) is 6.07 Å². The van der Waals surface area contributed by atoms with Crippen LogP contribution in [0.25, 0.3) is 0 Å². The van der Waals surface area contributed by atoms with Gasteiger partial charge in [-0.15, -0.1) is 0 Å². The number of hydrogen-bond acceptors (Lipinski definition) is 4. The number of carbonyl (C=O) groups is 2. The maximum atomic E-state index is 12.7. The SMILES string of the molecule is CCOC(=O)[C@@H]1CCCN(C(=O)c2c(C)cc(Cl)nc2Cl)C1. The first kappa shape index (κ1) is 17.0. The molecule has 0 spiro atoms. The second-order valence-electron chi connectivity index (χ2n) is 5.27. The van der Waals surface area contributed by atoms with Crippen LogP contribution in [-0.4, -0.2) is 41.5 Å². The lowest BCUT2D eigenvalue weighted by Gasteiger charge is -2.32. The summed E-state index contributed by atoms with van der Waals surface area (Å²) in [4.78, 5) is 30.1. The first-order valence-corrected chi connectivity index (χ1v) is 7.98. The van der Waals surface area contributed by atoms with Gasteiger partial charge in [-0.3, -0.25) is 9.59 Å². The van der Waals surface area contributed by atoms with E-state index in [2.05, 4.69) is 4.98 Å². The van der Waals surface area contributed by atoms with Gasteiger partial charge in [0.05, 0.1) is 18.1 Å². The number of esters is 1. The van der Waals surface area contributed by atoms with Crippen molar-refractivity contribution in [2.45, 2.75) is 26.7 Å². The summed E-state index contributed by atoms with van der Waals surface area (Å²) in [6, 6.07) is 1.60. The molecule has 2 rings (SSSR count). The van der Waals surface area contributed by atoms with Gasteiger partial charge < -0.3 is 9.64 Å². The predicted octanol–water partition coefficient (Wildman–Crippen LogP) is 3.11. The van der Waals surface area contributed by atoms with Gasteiger partial charge in [0.1, 0.15) is 10.3 Å². The Bertz CT molecular complexity index is 569. The van der Waals surface area contributed by atoms with Crippen LogP contribution >= 0.6 is 23.2 Å². The fourth-order valence-corrected chi connectivity index (χ4v) is 3.24. The molecule has 1 aromatic heterocycles. The molecular weight excluding hydrogens is 327 g/mol. The fourth-order valence-electron chi connectivity index (χ4n) is 2.62. The molecule has 120 valence electrons. The lowest BCUT2D eigenvalue weighted by atomic mass is 9.97. The van der Waals surface area contributed by atoms with E-state index in [9.17, 15) is 9.59 Å². The van der Waals surface area contributed by atoms with Gasteiger partial charge in [-0.2, -0.15) is 0 Å². The van der Waals surface area contributed by atoms with Crippen molar-refractivity contribution in [1.29, 1.82) is 0 Å². The van der Waals surface area contributed by atoms with Crippen LogP contribution in [0.5, 0.6) is 0 Å². The summed E-state index contributed by atoms with van der Waals surface area (Å²) >= 11 is 11.9. The molecule has 0 radical (unpaired) electrons. The number of halogens is 2. The Morgan fingerprint density at radius 3 is 2.82 bits per heavy atom. The van der Waals surface area contributed by atoms with Crippen LogP contribution in [0.3, 0.4) is 0 Å². The summed E-state index contributed by atoms with van der Waals surface area (Å²) < 4.78 is 5.05. The zero-order valence-electron chi connectivity index (χ0n) is 12.6. The Hall–Kier alpha value is -1.33. The third-order valence-corrected chi connectivity index (χ3v) is 4.15. The number of aromatic nitrogens is 1. The maximum absolute atomic E-state index is 12.7. The van der Waals surface area contributed by atoms with Gasteiger partial charge in [0, 0.05) is 13.1 Å². The number of rotatable bonds is 3. The van der Waals surface area contributed by atoms with E-state index in [-0.39, 0.29) is 28.1 Å². The van der Waals surface area contributed by atoms with Crippen molar-refractivity contribution in [2.75, 3.05) is 19.7 Å². The minimum Gasteiger partial charge on any atom is -0.466 e. The Morgan fingerprint density at radius 2 is 2.18 bits per heavy atom. The number of amides is 1. The van der Waals surface area contributed by atoms with Crippen LogP contribution in [0.1, 0.15) is 35.7 Å². The summed E-state index contributed by atoms with van der Waals surface area (Å²) in [5, 5.41) is 0.343. The van der Waals surface area contributed by atoms with Crippen molar-refractivity contribution in [3.8, 4) is 0 Å². The average Bonchev–Trinajstić information content (AvgIpc) is 2.46. The first-order chi connectivity index (χ1) is 10.4. The number of ether oxygens (including phenoxy) is 1. The van der Waals surface area contributed by atoms with Crippen molar-refractivity contribution in [2.24, 2.45) is 5.92 Å². The molecule has 1 aromatic rings. The minimum atomic E-state index is -0.281. The van der Waals surface area contributed by atoms with Gasteiger partial charge in [-0.05, 0) is 38.3 Å². The Morgan fingerprint density at radius 1 is 1.45 bits per heavy atom. The molecule has 0 bridgehead atoms. The number of likely N-dealkylation sites (tertiary alicyclic amines) is 1. The molecule has 1 amide bonds. The highest BCUT2D eigenvalue weighted by Gasteiger charge is 2.31. The summed E-state index contributed by atoms with van der Waals surface area (Å²) in [6.07, 6.45) is 1.49. The zero-order valence-corrected chi connectivity index (χ0v) is 14.1. The van der Waals surface area contributed by atoms with Crippen molar-refractivity contribution in [1.82, 2.24) is 9.88 Å². The molecule has 0 saturated carbocycles. The van der Waals surface area contributed by atoms with Crippen molar-refractivity contribution in [3.63, 3.8) is 0 Å². The number of hydrogen-bond donors (Lipinski definition) is 0. The van der Waals surface area contributed by atoms with Crippen molar-refractivity contribution in [3.05, 3.63) is 27.5 Å². The quantitative estimate of drug-likeness (QED) is 0.624. The standard InChI is InChI=1S/C15H18Cl2N2O3/c1-3-22-15(21)10-5-4-6-19(8-10)14(20)12-9(2)7-11(16)18-13(12)17/h7,10H,3-6,8H2,1-2H3/t10-/m1/s1. The maximum Gasteiger partial charge on any atom is 0.310 e. The monoisotopic (exact) mass is 344 g/mol. The number of carbonyl (C=O) groups excluding carboxylic acids is 2. The third-order valence-electron chi connectivity index (χ3n) is 3.68. The molecule has 5 nitrogen and oxygen atoms in total. The fraction of sp³-hybridized carbons (Fsp3) is 0.533. The molecule has 0 unspecified atom stereocenters. The van der Waals surface area contributed by atoms with Gasteiger partial charge in [0.25, 0.3) is 5.91 Å². The Labute approximate surface area is 139 Å². The molecule has 0 aromatic carbocycles. The van der Waals surface area contributed by atoms with E-state index in [0.717, 1.165) is 12.8 Å². The highest BCUT2D eigenvalue weighted by molar-refractivity contribution is 6.34. The molecule has 1 saturated heterocycles. The summed E-state index contributed by atoms with van der Waals surface area (Å²) in [5.41, 5.74) is 1.02. The Kier molecular flexibility index (Phi) is 5.64. The molecule has 1 aliphatic rings. The van der Waals surface area contributed by atoms with Gasteiger partial charge in [-0.25, -0.2) is 4.98 Å². The normalized spacial score (nSPS) is 18.2. The molecule has 2 heterocycles. The highest BCUT2D eigenvalue weighted by Crippen LogP contribution is 2.26. The smallest absolute Gasteiger partial charge is 0.310 e. The van der Waals surface area contributed by atoms with Crippen LogP contribution in [0.4, 0.5) is 0 Å². The summed E-state index contributed by atoms with van der Waals surface area (Å²) in [7, 11) is 0. The van der Waals surface area contributed by atoms with Gasteiger partial charge in [-0.1, -0.05) is 23.2 Å². The second-order valence-corrected chi connectivity index (χ2v) is 6.02. The molecule has 0 N–H and O–H groups in total. The van der Waals surface area contributed by atoms with E-state index in [1.54, 1.807) is 24.8 Å². The number of piperidine rings is 1. The van der Waals surface area contributed by atoms with Crippen LogP contribution < -0.4 is 0 Å². The van der Waals surface area contributed by atoms with E-state index in [1.165, 1.54) is 0 Å². The van der Waals surface area contributed by atoms with E-state index in [0.29, 0.717) is 30.8 Å².